The summed E-state index contributed by atoms with van der Waals surface area (Å²) in [7, 11) is 0. The molecular formula is C12H9NO2. The molecule has 0 amide bonds. The Balaban J connectivity index is 2.10. The van der Waals surface area contributed by atoms with E-state index in [2.05, 4.69) is 4.98 Å². The molecule has 0 aliphatic carbocycles. The summed E-state index contributed by atoms with van der Waals surface area (Å²) in [5, 5.41) is 0. The lowest BCUT2D eigenvalue weighted by Crippen LogP contribution is -1.90. The van der Waals surface area contributed by atoms with E-state index in [9.17, 15) is 4.79 Å². The van der Waals surface area contributed by atoms with E-state index in [0.29, 0.717) is 5.76 Å². The molecule has 2 heterocycles. The first-order valence-corrected chi connectivity index (χ1v) is 4.52. The molecule has 0 saturated carbocycles. The van der Waals surface area contributed by atoms with Gasteiger partial charge in [0.2, 0.25) is 5.78 Å². The van der Waals surface area contributed by atoms with Gasteiger partial charge in [0.1, 0.15) is 0 Å². The van der Waals surface area contributed by atoms with Crippen LogP contribution < -0.4 is 0 Å². The van der Waals surface area contributed by atoms with Crippen molar-refractivity contribution in [1.82, 2.24) is 4.98 Å². The topological polar surface area (TPSA) is 43.1 Å². The summed E-state index contributed by atoms with van der Waals surface area (Å²) in [6.07, 6.45) is 8.02. The fourth-order valence-corrected chi connectivity index (χ4v) is 1.15. The van der Waals surface area contributed by atoms with Crippen LogP contribution in [-0.4, -0.2) is 10.8 Å². The van der Waals surface area contributed by atoms with Crippen molar-refractivity contribution >= 4 is 11.9 Å². The number of pyridine rings is 1. The molecule has 74 valence electrons. The molecule has 0 saturated heterocycles. The van der Waals surface area contributed by atoms with E-state index in [1.54, 1.807) is 30.6 Å². The fraction of sp³-hybridized carbons (Fsp3) is 0. The molecule has 0 aromatic carbocycles. The summed E-state index contributed by atoms with van der Waals surface area (Å²) < 4.78 is 4.97. The van der Waals surface area contributed by atoms with Gasteiger partial charge in [-0.3, -0.25) is 9.78 Å². The van der Waals surface area contributed by atoms with E-state index < -0.39 is 0 Å². The first-order chi connectivity index (χ1) is 7.36. The third kappa shape index (κ3) is 2.40. The predicted octanol–water partition coefficient (Wildman–Crippen LogP) is 2.57. The lowest BCUT2D eigenvalue weighted by atomic mass is 10.2. The maximum Gasteiger partial charge on any atom is 0.221 e. The van der Waals surface area contributed by atoms with Gasteiger partial charge in [0.25, 0.3) is 0 Å². The van der Waals surface area contributed by atoms with Gasteiger partial charge in [0.05, 0.1) is 6.26 Å². The fourth-order valence-electron chi connectivity index (χ4n) is 1.15. The first-order valence-electron chi connectivity index (χ1n) is 4.52. The van der Waals surface area contributed by atoms with Crippen LogP contribution in [-0.2, 0) is 0 Å². The van der Waals surface area contributed by atoms with Crippen molar-refractivity contribution in [2.24, 2.45) is 0 Å². The quantitative estimate of drug-likeness (QED) is 0.563. The van der Waals surface area contributed by atoms with Crippen molar-refractivity contribution in [3.63, 3.8) is 0 Å². The Morgan fingerprint density at radius 2 is 2.27 bits per heavy atom. The maximum absolute atomic E-state index is 11.5. The number of carbonyl (C=O) groups excluding carboxylic acids is 1. The molecule has 0 fully saturated rings. The number of ketones is 1. The molecular weight excluding hydrogens is 190 g/mol. The van der Waals surface area contributed by atoms with Gasteiger partial charge in [-0.2, -0.15) is 0 Å². The van der Waals surface area contributed by atoms with Gasteiger partial charge in [-0.05, 0) is 35.9 Å². The highest BCUT2D eigenvalue weighted by atomic mass is 16.3. The minimum atomic E-state index is -0.149. The Morgan fingerprint density at radius 1 is 1.33 bits per heavy atom. The molecule has 3 nitrogen and oxygen atoms in total. The van der Waals surface area contributed by atoms with Crippen LogP contribution in [0.1, 0.15) is 16.1 Å². The maximum atomic E-state index is 11.5. The zero-order valence-corrected chi connectivity index (χ0v) is 7.96. The average molecular weight is 199 g/mol. The molecule has 3 heteroatoms. The third-order valence-electron chi connectivity index (χ3n) is 1.88. The number of aromatic nitrogens is 1. The number of hydrogen-bond acceptors (Lipinski definition) is 3. The van der Waals surface area contributed by atoms with Crippen LogP contribution in [0.15, 0.2) is 53.4 Å². The van der Waals surface area contributed by atoms with Gasteiger partial charge in [-0.1, -0.05) is 6.07 Å². The Hall–Kier alpha value is -2.16. The van der Waals surface area contributed by atoms with Crippen LogP contribution in [0.5, 0.6) is 0 Å². The summed E-state index contributed by atoms with van der Waals surface area (Å²) in [5.74, 6) is 0.194. The highest BCUT2D eigenvalue weighted by Gasteiger charge is 2.02. The van der Waals surface area contributed by atoms with Gasteiger partial charge < -0.3 is 4.42 Å². The average Bonchev–Trinajstić information content (AvgIpc) is 2.81. The van der Waals surface area contributed by atoms with E-state index >= 15 is 0 Å². The third-order valence-corrected chi connectivity index (χ3v) is 1.88. The first kappa shape index (κ1) is 9.40. The van der Waals surface area contributed by atoms with Gasteiger partial charge in [0.15, 0.2) is 5.76 Å². The van der Waals surface area contributed by atoms with Crippen LogP contribution in [0, 0.1) is 0 Å². The molecule has 0 atom stereocenters. The molecule has 2 rings (SSSR count). The normalized spacial score (nSPS) is 10.7. The van der Waals surface area contributed by atoms with E-state index in [1.807, 2.05) is 12.1 Å². The zero-order valence-electron chi connectivity index (χ0n) is 7.96. The molecule has 15 heavy (non-hydrogen) atoms. The van der Waals surface area contributed by atoms with Gasteiger partial charge in [-0.15, -0.1) is 0 Å². The number of hydrogen-bond donors (Lipinski definition) is 0. The summed E-state index contributed by atoms with van der Waals surface area (Å²) >= 11 is 0. The number of furan rings is 1. The SMILES string of the molecule is O=C(C=Cc1cccnc1)c1ccco1. The van der Waals surface area contributed by atoms with Gasteiger partial charge >= 0.3 is 0 Å². The summed E-state index contributed by atoms with van der Waals surface area (Å²) in [6.45, 7) is 0. The largest absolute Gasteiger partial charge is 0.461 e. The minimum absolute atomic E-state index is 0.149. The van der Waals surface area contributed by atoms with E-state index in [0.717, 1.165) is 5.56 Å². The molecule has 0 unspecified atom stereocenters. The zero-order chi connectivity index (χ0) is 10.5. The number of carbonyl (C=O) groups is 1. The second-order valence-corrected chi connectivity index (χ2v) is 2.96. The lowest BCUT2D eigenvalue weighted by molar-refractivity contribution is 0.102. The van der Waals surface area contributed by atoms with Gasteiger partial charge in [0, 0.05) is 12.4 Å². The van der Waals surface area contributed by atoms with Crippen LogP contribution in [0.4, 0.5) is 0 Å². The molecule has 0 radical (unpaired) electrons. The second-order valence-electron chi connectivity index (χ2n) is 2.96. The number of allylic oxidation sites excluding steroid dienone is 1. The second kappa shape index (κ2) is 4.37. The molecule has 0 N–H and O–H groups in total. The molecule has 0 aliphatic heterocycles. The Bertz CT molecular complexity index is 458. The van der Waals surface area contributed by atoms with Crippen molar-refractivity contribution in [1.29, 1.82) is 0 Å². The predicted molar refractivity (Wildman–Crippen MR) is 56.3 cm³/mol. The van der Waals surface area contributed by atoms with Crippen LogP contribution in [0.3, 0.4) is 0 Å². The molecule has 0 spiro atoms. The van der Waals surface area contributed by atoms with Crippen molar-refractivity contribution in [3.8, 4) is 0 Å². The molecule has 0 bridgehead atoms. The summed E-state index contributed by atoms with van der Waals surface area (Å²) in [5.41, 5.74) is 0.886. The lowest BCUT2D eigenvalue weighted by Gasteiger charge is -1.90. The molecule has 0 aliphatic rings. The Kier molecular flexibility index (Phi) is 2.74. The summed E-state index contributed by atoms with van der Waals surface area (Å²) in [4.78, 5) is 15.4. The van der Waals surface area contributed by atoms with Crippen LogP contribution >= 0.6 is 0 Å². The van der Waals surface area contributed by atoms with Crippen molar-refractivity contribution in [2.75, 3.05) is 0 Å². The monoisotopic (exact) mass is 199 g/mol. The smallest absolute Gasteiger partial charge is 0.221 e. The van der Waals surface area contributed by atoms with E-state index in [1.165, 1.54) is 12.3 Å². The highest BCUT2D eigenvalue weighted by molar-refractivity contribution is 6.04. The summed E-state index contributed by atoms with van der Waals surface area (Å²) in [6, 6.07) is 7.01. The van der Waals surface area contributed by atoms with Crippen LogP contribution in [0.25, 0.3) is 6.08 Å². The number of rotatable bonds is 3. The standard InChI is InChI=1S/C12H9NO2/c14-11(12-4-2-8-15-12)6-5-10-3-1-7-13-9-10/h1-9H. The van der Waals surface area contributed by atoms with Crippen LogP contribution in [0.2, 0.25) is 0 Å². The number of nitrogens with zero attached hydrogens (tertiary/aromatic N) is 1. The van der Waals surface area contributed by atoms with Crippen molar-refractivity contribution in [2.45, 2.75) is 0 Å². The van der Waals surface area contributed by atoms with E-state index in [-0.39, 0.29) is 5.78 Å². The Labute approximate surface area is 87.1 Å². The minimum Gasteiger partial charge on any atom is -0.461 e. The Morgan fingerprint density at radius 3 is 2.93 bits per heavy atom. The molecule has 2 aromatic heterocycles. The molecule has 2 aromatic rings. The van der Waals surface area contributed by atoms with E-state index in [4.69, 9.17) is 4.42 Å². The van der Waals surface area contributed by atoms with Crippen molar-refractivity contribution in [3.05, 3.63) is 60.3 Å². The highest BCUT2D eigenvalue weighted by Crippen LogP contribution is 2.04. The van der Waals surface area contributed by atoms with Crippen molar-refractivity contribution < 1.29 is 9.21 Å². The van der Waals surface area contributed by atoms with Gasteiger partial charge in [-0.25, -0.2) is 0 Å².